The van der Waals surface area contributed by atoms with Crippen molar-refractivity contribution in [2.75, 3.05) is 17.7 Å². The fourth-order valence-corrected chi connectivity index (χ4v) is 4.89. The van der Waals surface area contributed by atoms with Gasteiger partial charge in [-0.05, 0) is 62.4 Å². The lowest BCUT2D eigenvalue weighted by molar-refractivity contribution is 0.102. The van der Waals surface area contributed by atoms with Crippen LogP contribution in [0.3, 0.4) is 0 Å². The van der Waals surface area contributed by atoms with Crippen LogP contribution in [0.5, 0.6) is 5.75 Å². The molecule has 0 spiro atoms. The first-order valence-corrected chi connectivity index (χ1v) is 10.4. The molecule has 1 amide bonds. The molecule has 0 bridgehead atoms. The quantitative estimate of drug-likeness (QED) is 0.585. The van der Waals surface area contributed by atoms with Gasteiger partial charge in [0.15, 0.2) is 0 Å². The number of hydrogen-bond donors (Lipinski definition) is 2. The van der Waals surface area contributed by atoms with E-state index in [2.05, 4.69) is 10.6 Å². The van der Waals surface area contributed by atoms with E-state index in [1.807, 2.05) is 43.3 Å². The Morgan fingerprint density at radius 1 is 1.18 bits per heavy atom. The standard InChI is InChI=1S/C22H24N2O3S/c1-14-11-12-15(27-14)13-23-22-20(16-7-3-6-10-19(16)28-22)21(25)24-17-8-4-5-9-18(17)26-2/h4-5,8-9,11-12,23H,3,6-7,10,13H2,1-2H3,(H,24,25). The van der Waals surface area contributed by atoms with Crippen molar-refractivity contribution in [3.05, 3.63) is 63.9 Å². The summed E-state index contributed by atoms with van der Waals surface area (Å²) in [5.74, 6) is 2.30. The summed E-state index contributed by atoms with van der Waals surface area (Å²) in [5, 5.41) is 7.37. The summed E-state index contributed by atoms with van der Waals surface area (Å²) < 4.78 is 11.0. The first-order chi connectivity index (χ1) is 13.7. The lowest BCUT2D eigenvalue weighted by atomic mass is 9.95. The number of anilines is 2. The highest BCUT2D eigenvalue weighted by Crippen LogP contribution is 2.39. The van der Waals surface area contributed by atoms with Crippen molar-refractivity contribution >= 4 is 27.9 Å². The Hall–Kier alpha value is -2.73. The number of nitrogens with one attached hydrogen (secondary N) is 2. The number of furan rings is 1. The summed E-state index contributed by atoms with van der Waals surface area (Å²) >= 11 is 1.69. The summed E-state index contributed by atoms with van der Waals surface area (Å²) in [4.78, 5) is 14.5. The van der Waals surface area contributed by atoms with Gasteiger partial charge < -0.3 is 19.8 Å². The van der Waals surface area contributed by atoms with Crippen LogP contribution >= 0.6 is 11.3 Å². The monoisotopic (exact) mass is 396 g/mol. The molecular formula is C22H24N2O3S. The number of amides is 1. The number of hydrogen-bond acceptors (Lipinski definition) is 5. The maximum absolute atomic E-state index is 13.2. The van der Waals surface area contributed by atoms with Gasteiger partial charge in [0, 0.05) is 4.88 Å². The summed E-state index contributed by atoms with van der Waals surface area (Å²) in [5.41, 5.74) is 2.62. The van der Waals surface area contributed by atoms with Gasteiger partial charge in [-0.25, -0.2) is 0 Å². The number of fused-ring (bicyclic) bond motifs is 1. The van der Waals surface area contributed by atoms with Gasteiger partial charge in [0.25, 0.3) is 5.91 Å². The van der Waals surface area contributed by atoms with E-state index in [0.29, 0.717) is 18.0 Å². The van der Waals surface area contributed by atoms with Gasteiger partial charge in [-0.3, -0.25) is 4.79 Å². The average Bonchev–Trinajstić information content (AvgIpc) is 3.29. The molecule has 0 atom stereocenters. The molecule has 1 aliphatic rings. The van der Waals surface area contributed by atoms with E-state index in [0.717, 1.165) is 41.3 Å². The van der Waals surface area contributed by atoms with E-state index < -0.39 is 0 Å². The van der Waals surface area contributed by atoms with Crippen molar-refractivity contribution in [3.8, 4) is 5.75 Å². The Bertz CT molecular complexity index is 990. The second-order valence-electron chi connectivity index (χ2n) is 6.94. The minimum absolute atomic E-state index is 0.0953. The van der Waals surface area contributed by atoms with Gasteiger partial charge in [0.1, 0.15) is 22.3 Å². The molecule has 2 heterocycles. The Kier molecular flexibility index (Phi) is 5.39. The molecule has 1 aliphatic carbocycles. The number of benzene rings is 1. The normalized spacial score (nSPS) is 13.1. The number of methoxy groups -OCH3 is 1. The van der Waals surface area contributed by atoms with E-state index in [-0.39, 0.29) is 5.91 Å². The van der Waals surface area contributed by atoms with Gasteiger partial charge in [-0.15, -0.1) is 11.3 Å². The highest BCUT2D eigenvalue weighted by atomic mass is 32.1. The minimum atomic E-state index is -0.0953. The Morgan fingerprint density at radius 3 is 2.79 bits per heavy atom. The smallest absolute Gasteiger partial charge is 0.259 e. The van der Waals surface area contributed by atoms with Gasteiger partial charge in [0.2, 0.25) is 0 Å². The van der Waals surface area contributed by atoms with E-state index >= 15 is 0 Å². The maximum Gasteiger partial charge on any atom is 0.259 e. The molecule has 1 aromatic carbocycles. The predicted octanol–water partition coefficient (Wildman–Crippen LogP) is 5.40. The van der Waals surface area contributed by atoms with Gasteiger partial charge in [-0.2, -0.15) is 0 Å². The molecule has 28 heavy (non-hydrogen) atoms. The zero-order chi connectivity index (χ0) is 19.5. The first-order valence-electron chi connectivity index (χ1n) is 9.54. The molecule has 6 heteroatoms. The SMILES string of the molecule is COc1ccccc1NC(=O)c1c(NCc2ccc(C)o2)sc2c1CCCC2. The van der Waals surface area contributed by atoms with Crippen molar-refractivity contribution in [2.45, 2.75) is 39.2 Å². The summed E-state index contributed by atoms with van der Waals surface area (Å²) in [7, 11) is 1.61. The van der Waals surface area contributed by atoms with Crippen molar-refractivity contribution in [3.63, 3.8) is 0 Å². The van der Waals surface area contributed by atoms with Crippen LogP contribution in [-0.2, 0) is 19.4 Å². The number of para-hydroxylation sites is 2. The molecule has 5 nitrogen and oxygen atoms in total. The van der Waals surface area contributed by atoms with Crippen LogP contribution in [0.25, 0.3) is 0 Å². The fourth-order valence-electron chi connectivity index (χ4n) is 3.61. The van der Waals surface area contributed by atoms with Gasteiger partial charge >= 0.3 is 0 Å². The fraction of sp³-hybridized carbons (Fsp3) is 0.318. The third-order valence-electron chi connectivity index (χ3n) is 4.97. The Labute approximate surface area is 168 Å². The number of carbonyl (C=O) groups excluding carboxylic acids is 1. The number of carbonyl (C=O) groups is 1. The van der Waals surface area contributed by atoms with E-state index in [1.54, 1.807) is 18.4 Å². The lowest BCUT2D eigenvalue weighted by Crippen LogP contribution is -2.17. The Morgan fingerprint density at radius 2 is 2.00 bits per heavy atom. The van der Waals surface area contributed by atoms with Crippen LogP contribution < -0.4 is 15.4 Å². The molecule has 0 fully saturated rings. The van der Waals surface area contributed by atoms with E-state index in [1.165, 1.54) is 16.9 Å². The molecule has 0 aliphatic heterocycles. The molecule has 146 valence electrons. The van der Waals surface area contributed by atoms with Crippen LogP contribution in [0.4, 0.5) is 10.7 Å². The summed E-state index contributed by atoms with van der Waals surface area (Å²) in [6, 6.07) is 11.4. The molecule has 2 aromatic heterocycles. The summed E-state index contributed by atoms with van der Waals surface area (Å²) in [6.45, 7) is 2.49. The first kappa shape index (κ1) is 18.6. The zero-order valence-electron chi connectivity index (χ0n) is 16.1. The second kappa shape index (κ2) is 8.10. The van der Waals surface area contributed by atoms with E-state index in [9.17, 15) is 4.79 Å². The highest BCUT2D eigenvalue weighted by Gasteiger charge is 2.26. The molecule has 4 rings (SSSR count). The predicted molar refractivity (Wildman–Crippen MR) is 113 cm³/mol. The van der Waals surface area contributed by atoms with Crippen LogP contribution in [0.1, 0.15) is 45.2 Å². The molecule has 0 unspecified atom stereocenters. The van der Waals surface area contributed by atoms with Crippen molar-refractivity contribution in [1.29, 1.82) is 0 Å². The molecule has 0 radical (unpaired) electrons. The number of rotatable bonds is 6. The van der Waals surface area contributed by atoms with Crippen molar-refractivity contribution in [2.24, 2.45) is 0 Å². The van der Waals surface area contributed by atoms with Gasteiger partial charge in [-0.1, -0.05) is 12.1 Å². The molecule has 2 N–H and O–H groups in total. The van der Waals surface area contributed by atoms with Crippen LogP contribution in [0.15, 0.2) is 40.8 Å². The second-order valence-corrected chi connectivity index (χ2v) is 8.04. The topological polar surface area (TPSA) is 63.5 Å². The highest BCUT2D eigenvalue weighted by molar-refractivity contribution is 7.16. The average molecular weight is 397 g/mol. The lowest BCUT2D eigenvalue weighted by Gasteiger charge is -2.14. The van der Waals surface area contributed by atoms with E-state index in [4.69, 9.17) is 9.15 Å². The van der Waals surface area contributed by atoms with Crippen LogP contribution in [0.2, 0.25) is 0 Å². The summed E-state index contributed by atoms with van der Waals surface area (Å²) in [6.07, 6.45) is 4.28. The third kappa shape index (κ3) is 3.78. The largest absolute Gasteiger partial charge is 0.495 e. The molecule has 3 aromatic rings. The van der Waals surface area contributed by atoms with Crippen LogP contribution in [-0.4, -0.2) is 13.0 Å². The molecule has 0 saturated heterocycles. The maximum atomic E-state index is 13.2. The molecular weight excluding hydrogens is 372 g/mol. The Balaban J connectivity index is 1.62. The number of ether oxygens (including phenoxy) is 1. The third-order valence-corrected chi connectivity index (χ3v) is 6.22. The van der Waals surface area contributed by atoms with Crippen molar-refractivity contribution in [1.82, 2.24) is 0 Å². The number of aryl methyl sites for hydroxylation is 2. The number of thiophene rings is 1. The van der Waals surface area contributed by atoms with Crippen LogP contribution in [0, 0.1) is 6.92 Å². The minimum Gasteiger partial charge on any atom is -0.495 e. The van der Waals surface area contributed by atoms with Gasteiger partial charge in [0.05, 0.1) is 24.9 Å². The zero-order valence-corrected chi connectivity index (χ0v) is 16.9. The van der Waals surface area contributed by atoms with Crippen molar-refractivity contribution < 1.29 is 13.9 Å². The molecule has 0 saturated carbocycles.